The summed E-state index contributed by atoms with van der Waals surface area (Å²) < 4.78 is 7.45. The summed E-state index contributed by atoms with van der Waals surface area (Å²) in [4.78, 5) is 17.2. The van der Waals surface area contributed by atoms with Gasteiger partial charge in [0.2, 0.25) is 0 Å². The molecule has 0 fully saturated rings. The standard InChI is InChI=1S/C24H18Cl2N2O2/c1-15-22(16-6-4-3-5-7-16)28(2)23(27-15)17-8-10-18(11-9-17)24(29)30-21-13-12-19(25)14-20(21)26/h3-14H,1-2H3. The SMILES string of the molecule is Cc1nc(-c2ccc(C(=O)Oc3ccc(Cl)cc3Cl)cc2)n(C)c1-c1ccccc1. The number of carbonyl (C=O) groups excluding carboxylic acids is 1. The van der Waals surface area contributed by atoms with Crippen LogP contribution in [0.1, 0.15) is 16.1 Å². The van der Waals surface area contributed by atoms with Gasteiger partial charge in [0.1, 0.15) is 11.6 Å². The average molecular weight is 437 g/mol. The summed E-state index contributed by atoms with van der Waals surface area (Å²) in [7, 11) is 1.99. The first-order valence-corrected chi connectivity index (χ1v) is 10.1. The topological polar surface area (TPSA) is 44.1 Å². The molecule has 0 amide bonds. The number of imidazole rings is 1. The second-order valence-corrected chi connectivity index (χ2v) is 7.68. The molecule has 0 saturated heterocycles. The summed E-state index contributed by atoms with van der Waals surface area (Å²) in [6, 6.07) is 22.0. The molecule has 4 nitrogen and oxygen atoms in total. The van der Waals surface area contributed by atoms with Crippen molar-refractivity contribution in [3.05, 3.63) is 94.1 Å². The molecule has 4 aromatic rings. The zero-order valence-electron chi connectivity index (χ0n) is 16.4. The average Bonchev–Trinajstić information content (AvgIpc) is 3.04. The number of aromatic nitrogens is 2. The molecule has 0 atom stereocenters. The van der Waals surface area contributed by atoms with Gasteiger partial charge in [0.25, 0.3) is 0 Å². The molecule has 0 radical (unpaired) electrons. The van der Waals surface area contributed by atoms with Crippen LogP contribution in [0.4, 0.5) is 0 Å². The lowest BCUT2D eigenvalue weighted by atomic mass is 10.1. The smallest absolute Gasteiger partial charge is 0.343 e. The summed E-state index contributed by atoms with van der Waals surface area (Å²) in [5.41, 5.74) is 4.44. The lowest BCUT2D eigenvalue weighted by molar-refractivity contribution is 0.0735. The Morgan fingerprint density at radius 3 is 2.30 bits per heavy atom. The van der Waals surface area contributed by atoms with Crippen molar-refractivity contribution in [3.63, 3.8) is 0 Å². The fraction of sp³-hybridized carbons (Fsp3) is 0.0833. The summed E-state index contributed by atoms with van der Waals surface area (Å²) in [6.07, 6.45) is 0. The number of hydrogen-bond acceptors (Lipinski definition) is 3. The van der Waals surface area contributed by atoms with Gasteiger partial charge in [-0.2, -0.15) is 0 Å². The minimum atomic E-state index is -0.494. The van der Waals surface area contributed by atoms with Gasteiger partial charge >= 0.3 is 5.97 Å². The van der Waals surface area contributed by atoms with Gasteiger partial charge in [-0.3, -0.25) is 0 Å². The first-order chi connectivity index (χ1) is 14.4. The molecular formula is C24H18Cl2N2O2. The normalized spacial score (nSPS) is 10.8. The maximum absolute atomic E-state index is 12.5. The Labute approximate surface area is 184 Å². The maximum atomic E-state index is 12.5. The Kier molecular flexibility index (Phi) is 5.62. The van der Waals surface area contributed by atoms with Crippen LogP contribution in [-0.2, 0) is 7.05 Å². The molecular weight excluding hydrogens is 419 g/mol. The number of rotatable bonds is 4. The Balaban J connectivity index is 1.59. The van der Waals surface area contributed by atoms with Gasteiger partial charge in [-0.1, -0.05) is 65.7 Å². The van der Waals surface area contributed by atoms with Crippen LogP contribution in [0.25, 0.3) is 22.6 Å². The van der Waals surface area contributed by atoms with Gasteiger partial charge in [0, 0.05) is 23.2 Å². The van der Waals surface area contributed by atoms with Crippen molar-refractivity contribution >= 4 is 29.2 Å². The highest BCUT2D eigenvalue weighted by atomic mass is 35.5. The molecule has 0 bridgehead atoms. The van der Waals surface area contributed by atoms with Crippen LogP contribution < -0.4 is 4.74 Å². The zero-order chi connectivity index (χ0) is 21.3. The van der Waals surface area contributed by atoms with E-state index in [9.17, 15) is 4.79 Å². The van der Waals surface area contributed by atoms with Crippen molar-refractivity contribution in [2.24, 2.45) is 7.05 Å². The summed E-state index contributed by atoms with van der Waals surface area (Å²) >= 11 is 12.0. The second-order valence-electron chi connectivity index (χ2n) is 6.84. The quantitative estimate of drug-likeness (QED) is 0.267. The minimum absolute atomic E-state index is 0.266. The lowest BCUT2D eigenvalue weighted by Crippen LogP contribution is -2.08. The molecule has 0 aliphatic carbocycles. The largest absolute Gasteiger partial charge is 0.421 e. The van der Waals surface area contributed by atoms with E-state index in [-0.39, 0.29) is 10.8 Å². The number of benzene rings is 3. The van der Waals surface area contributed by atoms with Gasteiger partial charge < -0.3 is 9.30 Å². The molecule has 3 aromatic carbocycles. The third-order valence-electron chi connectivity index (χ3n) is 4.79. The summed E-state index contributed by atoms with van der Waals surface area (Å²) in [6.45, 7) is 1.99. The summed E-state index contributed by atoms with van der Waals surface area (Å²) in [5, 5.41) is 0.758. The highest BCUT2D eigenvalue weighted by Crippen LogP contribution is 2.30. The van der Waals surface area contributed by atoms with Crippen molar-refractivity contribution in [2.75, 3.05) is 0 Å². The number of halogens is 2. The molecule has 1 aromatic heterocycles. The number of nitrogens with zero attached hydrogens (tertiary/aromatic N) is 2. The molecule has 0 spiro atoms. The Morgan fingerprint density at radius 1 is 0.933 bits per heavy atom. The van der Waals surface area contributed by atoms with Crippen molar-refractivity contribution in [3.8, 4) is 28.4 Å². The van der Waals surface area contributed by atoms with E-state index in [1.165, 1.54) is 6.07 Å². The first kappa shape index (κ1) is 20.2. The predicted molar refractivity (Wildman–Crippen MR) is 120 cm³/mol. The number of ether oxygens (including phenoxy) is 1. The van der Waals surface area contributed by atoms with Gasteiger partial charge in [-0.05, 0) is 37.3 Å². The number of hydrogen-bond donors (Lipinski definition) is 0. The third kappa shape index (κ3) is 3.97. The van der Waals surface area contributed by atoms with Gasteiger partial charge in [-0.15, -0.1) is 0 Å². The molecule has 30 heavy (non-hydrogen) atoms. The molecule has 4 rings (SSSR count). The van der Waals surface area contributed by atoms with E-state index in [0.29, 0.717) is 10.6 Å². The third-order valence-corrected chi connectivity index (χ3v) is 5.32. The van der Waals surface area contributed by atoms with Gasteiger partial charge in [0.05, 0.1) is 22.0 Å². The number of esters is 1. The Bertz CT molecular complexity index is 1220. The fourth-order valence-corrected chi connectivity index (χ4v) is 3.81. The van der Waals surface area contributed by atoms with E-state index in [1.807, 2.05) is 44.3 Å². The van der Waals surface area contributed by atoms with E-state index < -0.39 is 5.97 Å². The van der Waals surface area contributed by atoms with Crippen LogP contribution in [-0.4, -0.2) is 15.5 Å². The first-order valence-electron chi connectivity index (χ1n) is 9.30. The second kappa shape index (κ2) is 8.34. The lowest BCUT2D eigenvalue weighted by Gasteiger charge is -2.08. The molecule has 1 heterocycles. The van der Waals surface area contributed by atoms with Crippen LogP contribution in [0.5, 0.6) is 5.75 Å². The van der Waals surface area contributed by atoms with Crippen LogP contribution in [0.2, 0.25) is 10.0 Å². The van der Waals surface area contributed by atoms with E-state index in [0.717, 1.165) is 28.3 Å². The molecule has 0 N–H and O–H groups in total. The van der Waals surface area contributed by atoms with Crippen LogP contribution >= 0.6 is 23.2 Å². The Hall–Kier alpha value is -3.08. The molecule has 6 heteroatoms. The van der Waals surface area contributed by atoms with Crippen LogP contribution in [0, 0.1) is 6.92 Å². The van der Waals surface area contributed by atoms with E-state index in [2.05, 4.69) is 16.7 Å². The molecule has 150 valence electrons. The van der Waals surface area contributed by atoms with Gasteiger partial charge in [0.15, 0.2) is 0 Å². The van der Waals surface area contributed by atoms with Crippen molar-refractivity contribution < 1.29 is 9.53 Å². The summed E-state index contributed by atoms with van der Waals surface area (Å²) in [5.74, 6) is 0.598. The van der Waals surface area contributed by atoms with E-state index >= 15 is 0 Å². The van der Waals surface area contributed by atoms with E-state index in [1.54, 1.807) is 24.3 Å². The highest BCUT2D eigenvalue weighted by molar-refractivity contribution is 6.35. The minimum Gasteiger partial charge on any atom is -0.421 e. The molecule has 0 aliphatic rings. The fourth-order valence-electron chi connectivity index (χ4n) is 3.36. The maximum Gasteiger partial charge on any atom is 0.343 e. The van der Waals surface area contributed by atoms with Crippen molar-refractivity contribution in [1.29, 1.82) is 0 Å². The monoisotopic (exact) mass is 436 g/mol. The van der Waals surface area contributed by atoms with Gasteiger partial charge in [-0.25, -0.2) is 9.78 Å². The number of carbonyl (C=O) groups is 1. The predicted octanol–water partition coefficient (Wildman–Crippen LogP) is 6.59. The van der Waals surface area contributed by atoms with Crippen molar-refractivity contribution in [2.45, 2.75) is 6.92 Å². The molecule has 0 unspecified atom stereocenters. The number of aryl methyl sites for hydroxylation is 1. The van der Waals surface area contributed by atoms with E-state index in [4.69, 9.17) is 32.9 Å². The zero-order valence-corrected chi connectivity index (χ0v) is 17.9. The molecule has 0 saturated carbocycles. The Morgan fingerprint density at radius 2 is 1.63 bits per heavy atom. The molecule has 0 aliphatic heterocycles. The highest BCUT2D eigenvalue weighted by Gasteiger charge is 2.16. The van der Waals surface area contributed by atoms with Crippen LogP contribution in [0.3, 0.4) is 0 Å². The van der Waals surface area contributed by atoms with Crippen LogP contribution in [0.15, 0.2) is 72.8 Å². The van der Waals surface area contributed by atoms with Crippen molar-refractivity contribution in [1.82, 2.24) is 9.55 Å².